The molecule has 2 atom stereocenters. The molecule has 0 radical (unpaired) electrons. The molecule has 39 heavy (non-hydrogen) atoms. The number of aliphatic carboxylic acids is 1. The van der Waals surface area contributed by atoms with Crippen molar-refractivity contribution in [2.24, 2.45) is 0 Å². The number of aromatic nitrogens is 4. The molecule has 0 spiro atoms. The molecule has 1 amide bonds. The minimum atomic E-state index is -1.35. The molecule has 2 bridgehead atoms. The lowest BCUT2D eigenvalue weighted by molar-refractivity contribution is -0.136. The Bertz CT molecular complexity index is 1400. The molecule has 13 heteroatoms. The van der Waals surface area contributed by atoms with Gasteiger partial charge in [-0.15, -0.1) is 5.10 Å². The highest BCUT2D eigenvalue weighted by Gasteiger charge is 2.39. The normalized spacial score (nSPS) is 18.8. The van der Waals surface area contributed by atoms with Crippen molar-refractivity contribution in [2.45, 2.75) is 37.9 Å². The maximum Gasteiger partial charge on any atom is 0.333 e. The predicted octanol–water partition coefficient (Wildman–Crippen LogP) is 2.21. The minimum Gasteiger partial charge on any atom is -0.488 e. The van der Waals surface area contributed by atoms with E-state index in [9.17, 15) is 27.9 Å². The van der Waals surface area contributed by atoms with Crippen molar-refractivity contribution in [3.8, 4) is 5.75 Å². The first-order valence-electron chi connectivity index (χ1n) is 12.4. The van der Waals surface area contributed by atoms with Crippen molar-refractivity contribution in [2.75, 3.05) is 19.7 Å². The molecule has 5 rings (SSSR count). The number of halogens is 3. The number of hydrogen-bond donors (Lipinski definition) is 2. The molecule has 2 aliphatic rings. The molecular weight excluding hydrogens is 517 g/mol. The molecule has 2 N–H and O–H groups in total. The van der Waals surface area contributed by atoms with Crippen molar-refractivity contribution < 1.29 is 32.6 Å². The zero-order chi connectivity index (χ0) is 27.5. The number of nitrogens with one attached hydrogen (secondary N) is 1. The molecule has 1 unspecified atom stereocenters. The highest BCUT2D eigenvalue weighted by atomic mass is 19.2. The Hall–Kier alpha value is -4.26. The van der Waals surface area contributed by atoms with E-state index in [2.05, 4.69) is 20.8 Å². The van der Waals surface area contributed by atoms with Crippen LogP contribution in [-0.2, 0) is 22.6 Å². The third-order valence-corrected chi connectivity index (χ3v) is 6.84. The topological polar surface area (TPSA) is 122 Å². The van der Waals surface area contributed by atoms with Gasteiger partial charge in [-0.2, -0.15) is 4.39 Å². The second-order valence-corrected chi connectivity index (χ2v) is 9.45. The molecule has 0 aliphatic carbocycles. The van der Waals surface area contributed by atoms with Crippen LogP contribution in [-0.4, -0.2) is 73.9 Å². The third-order valence-electron chi connectivity index (χ3n) is 6.84. The number of nitrogens with zero attached hydrogens (tertiary/aromatic N) is 5. The monoisotopic (exact) mass is 542 g/mol. The van der Waals surface area contributed by atoms with E-state index < -0.39 is 35.2 Å². The number of tetrazole rings is 1. The Balaban J connectivity index is 1.23. The molecule has 2 aromatic carbocycles. The van der Waals surface area contributed by atoms with Crippen LogP contribution >= 0.6 is 0 Å². The fourth-order valence-electron chi connectivity index (χ4n) is 5.03. The van der Waals surface area contributed by atoms with E-state index in [1.54, 1.807) is 4.90 Å². The summed E-state index contributed by atoms with van der Waals surface area (Å²) in [4.78, 5) is 26.7. The zero-order valence-electron chi connectivity index (χ0n) is 20.7. The number of piperazine rings is 1. The lowest BCUT2D eigenvalue weighted by Gasteiger charge is -2.43. The second-order valence-electron chi connectivity index (χ2n) is 9.45. The van der Waals surface area contributed by atoms with Crippen LogP contribution in [0.1, 0.15) is 24.0 Å². The highest BCUT2D eigenvalue weighted by molar-refractivity contribution is 5.98. The van der Waals surface area contributed by atoms with Gasteiger partial charge < -0.3 is 20.1 Å². The van der Waals surface area contributed by atoms with Crippen LogP contribution < -0.4 is 10.1 Å². The molecule has 1 saturated heterocycles. The maximum atomic E-state index is 13.7. The standard InChI is InChI=1S/C26H25F3N6O4/c27-19-7-8-20(28)25(24(19)29)39-9-1-2-15-3-5-16(6-4-15)18-10-17-11-34(12-21(31-17)23(18)26(37)38)22(36)13-35-14-30-32-33-35/h3-8,14,17,21,31H,1-2,9-13H2,(H,37,38)/t17?,21-/m1/s1. The van der Waals surface area contributed by atoms with Gasteiger partial charge in [-0.25, -0.2) is 18.3 Å². The first kappa shape index (κ1) is 26.4. The van der Waals surface area contributed by atoms with E-state index in [0.717, 1.165) is 22.8 Å². The zero-order valence-corrected chi connectivity index (χ0v) is 20.7. The Morgan fingerprint density at radius 1 is 1.08 bits per heavy atom. The highest BCUT2D eigenvalue weighted by Crippen LogP contribution is 2.33. The minimum absolute atomic E-state index is 0.00890. The van der Waals surface area contributed by atoms with Crippen LogP contribution in [0.25, 0.3) is 5.57 Å². The van der Waals surface area contributed by atoms with Gasteiger partial charge in [0.25, 0.3) is 0 Å². The number of carboxylic acid groups (broad SMARTS) is 1. The number of fused-ring (bicyclic) bond motifs is 2. The molecule has 2 aliphatic heterocycles. The van der Waals surface area contributed by atoms with Crippen LogP contribution in [0.4, 0.5) is 13.2 Å². The lowest BCUT2D eigenvalue weighted by Crippen LogP contribution is -2.61. The van der Waals surface area contributed by atoms with Crippen molar-refractivity contribution >= 4 is 17.4 Å². The summed E-state index contributed by atoms with van der Waals surface area (Å²) < 4.78 is 47.2. The van der Waals surface area contributed by atoms with Gasteiger partial charge in [0, 0.05) is 19.1 Å². The third kappa shape index (κ3) is 5.77. The van der Waals surface area contributed by atoms with Crippen LogP contribution in [0, 0.1) is 17.5 Å². The number of ether oxygens (including phenoxy) is 1. The van der Waals surface area contributed by atoms with E-state index in [1.807, 2.05) is 24.3 Å². The van der Waals surface area contributed by atoms with Crippen molar-refractivity contribution in [1.82, 2.24) is 30.4 Å². The van der Waals surface area contributed by atoms with Gasteiger partial charge in [0.05, 0.1) is 18.2 Å². The summed E-state index contributed by atoms with van der Waals surface area (Å²) in [5, 5.41) is 24.1. The number of aryl methyl sites for hydroxylation is 1. The SMILES string of the molecule is O=C(O)C1=C(c2ccc(CCCOc3c(F)ccc(F)c3F)cc2)CC2CN(C(=O)Cn3cnnn3)C[C@H]1N2. The molecule has 3 heterocycles. The number of rotatable bonds is 9. The fourth-order valence-corrected chi connectivity index (χ4v) is 5.03. The van der Waals surface area contributed by atoms with Gasteiger partial charge >= 0.3 is 5.97 Å². The Labute approximate surface area is 221 Å². The maximum absolute atomic E-state index is 13.7. The van der Waals surface area contributed by atoms with E-state index in [4.69, 9.17) is 4.74 Å². The molecule has 10 nitrogen and oxygen atoms in total. The Morgan fingerprint density at radius 2 is 1.85 bits per heavy atom. The molecule has 0 saturated carbocycles. The van der Waals surface area contributed by atoms with Crippen molar-refractivity contribution in [3.05, 3.63) is 76.9 Å². The predicted molar refractivity (Wildman–Crippen MR) is 131 cm³/mol. The number of benzene rings is 2. The van der Waals surface area contributed by atoms with E-state index >= 15 is 0 Å². The Morgan fingerprint density at radius 3 is 2.56 bits per heavy atom. The summed E-state index contributed by atoms with van der Waals surface area (Å²) in [5.74, 6) is -5.47. The number of hydrogen-bond acceptors (Lipinski definition) is 7. The summed E-state index contributed by atoms with van der Waals surface area (Å²) in [5.41, 5.74) is 2.65. The average molecular weight is 543 g/mol. The number of carbonyl (C=O) groups is 2. The number of carbonyl (C=O) groups excluding carboxylic acids is 1. The van der Waals surface area contributed by atoms with Crippen LogP contribution in [0.5, 0.6) is 5.75 Å². The molecule has 3 aromatic rings. The molecule has 204 valence electrons. The van der Waals surface area contributed by atoms with Gasteiger partial charge in [0.1, 0.15) is 12.9 Å². The lowest BCUT2D eigenvalue weighted by atomic mass is 9.83. The van der Waals surface area contributed by atoms with E-state index in [0.29, 0.717) is 31.9 Å². The number of carboxylic acids is 1. The van der Waals surface area contributed by atoms with E-state index in [-0.39, 0.29) is 37.2 Å². The Kier molecular flexibility index (Phi) is 7.59. The summed E-state index contributed by atoms with van der Waals surface area (Å²) in [6.07, 6.45) is 2.75. The average Bonchev–Trinajstić information content (AvgIpc) is 3.43. The van der Waals surface area contributed by atoms with Gasteiger partial charge in [-0.3, -0.25) is 4.79 Å². The van der Waals surface area contributed by atoms with Gasteiger partial charge in [-0.1, -0.05) is 24.3 Å². The first-order valence-corrected chi connectivity index (χ1v) is 12.4. The summed E-state index contributed by atoms with van der Waals surface area (Å²) >= 11 is 0. The molecular formula is C26H25F3N6O4. The summed E-state index contributed by atoms with van der Waals surface area (Å²) in [6.45, 7) is 0.612. The first-order chi connectivity index (χ1) is 18.8. The fraction of sp³-hybridized carbons (Fsp3) is 0.346. The quantitative estimate of drug-likeness (QED) is 0.312. The largest absolute Gasteiger partial charge is 0.488 e. The number of amides is 1. The van der Waals surface area contributed by atoms with Crippen molar-refractivity contribution in [1.29, 1.82) is 0 Å². The smallest absolute Gasteiger partial charge is 0.333 e. The van der Waals surface area contributed by atoms with Crippen molar-refractivity contribution in [3.63, 3.8) is 0 Å². The second kappa shape index (κ2) is 11.2. The van der Waals surface area contributed by atoms with Gasteiger partial charge in [0.2, 0.25) is 11.7 Å². The van der Waals surface area contributed by atoms with Crippen LogP contribution in [0.3, 0.4) is 0 Å². The van der Waals surface area contributed by atoms with Crippen LogP contribution in [0.2, 0.25) is 0 Å². The van der Waals surface area contributed by atoms with Gasteiger partial charge in [0.15, 0.2) is 17.4 Å². The summed E-state index contributed by atoms with van der Waals surface area (Å²) in [6, 6.07) is 8.31. The summed E-state index contributed by atoms with van der Waals surface area (Å²) in [7, 11) is 0. The van der Waals surface area contributed by atoms with Crippen LogP contribution in [0.15, 0.2) is 48.3 Å². The molecule has 1 fully saturated rings. The van der Waals surface area contributed by atoms with Gasteiger partial charge in [-0.05, 0) is 58.5 Å². The van der Waals surface area contributed by atoms with E-state index in [1.165, 1.54) is 11.0 Å². The molecule has 1 aromatic heterocycles.